The molecule has 1 saturated carbocycles. The van der Waals surface area contributed by atoms with Crippen LogP contribution in [0, 0.1) is 5.92 Å². The van der Waals surface area contributed by atoms with Gasteiger partial charge in [-0.25, -0.2) is 4.98 Å². The molecule has 1 amide bonds. The molecular formula is C16H20N2OS2. The summed E-state index contributed by atoms with van der Waals surface area (Å²) >= 11 is 3.30. The van der Waals surface area contributed by atoms with Gasteiger partial charge in [0.2, 0.25) is 5.91 Å². The van der Waals surface area contributed by atoms with Crippen LogP contribution in [0.5, 0.6) is 0 Å². The highest BCUT2D eigenvalue weighted by molar-refractivity contribution is 7.20. The van der Waals surface area contributed by atoms with Gasteiger partial charge in [-0.3, -0.25) is 4.79 Å². The first kappa shape index (κ1) is 14.7. The highest BCUT2D eigenvalue weighted by Gasteiger charge is 2.23. The largest absolute Gasteiger partial charge is 0.353 e. The molecule has 1 fully saturated rings. The van der Waals surface area contributed by atoms with Crippen LogP contribution in [0.2, 0.25) is 0 Å². The predicted molar refractivity (Wildman–Crippen MR) is 88.7 cm³/mol. The fourth-order valence-corrected chi connectivity index (χ4v) is 4.49. The van der Waals surface area contributed by atoms with Crippen LogP contribution in [0.4, 0.5) is 0 Å². The van der Waals surface area contributed by atoms with Gasteiger partial charge in [-0.1, -0.05) is 25.8 Å². The molecule has 3 nitrogen and oxygen atoms in total. The number of hydrogen-bond acceptors (Lipinski definition) is 4. The van der Waals surface area contributed by atoms with Gasteiger partial charge in [-0.15, -0.1) is 22.7 Å². The highest BCUT2D eigenvalue weighted by atomic mass is 32.1. The van der Waals surface area contributed by atoms with E-state index in [0.29, 0.717) is 18.4 Å². The molecule has 2 aromatic rings. The summed E-state index contributed by atoms with van der Waals surface area (Å²) in [5.41, 5.74) is 0.879. The number of nitrogens with zero attached hydrogens (tertiary/aromatic N) is 1. The Hall–Kier alpha value is -1.20. The zero-order chi connectivity index (χ0) is 14.7. The lowest BCUT2D eigenvalue weighted by Gasteiger charge is -2.29. The molecule has 3 rings (SSSR count). The van der Waals surface area contributed by atoms with Gasteiger partial charge in [0.25, 0.3) is 0 Å². The van der Waals surface area contributed by atoms with Crippen molar-refractivity contribution >= 4 is 28.6 Å². The first-order chi connectivity index (χ1) is 10.2. The second-order valence-corrected chi connectivity index (χ2v) is 7.54. The maximum atomic E-state index is 12.2. The first-order valence-electron chi connectivity index (χ1n) is 7.50. The lowest BCUT2D eigenvalue weighted by Crippen LogP contribution is -2.41. The molecule has 21 heavy (non-hydrogen) atoms. The molecule has 1 aliphatic rings. The zero-order valence-electron chi connectivity index (χ0n) is 12.2. The lowest BCUT2D eigenvalue weighted by atomic mass is 9.86. The quantitative estimate of drug-likeness (QED) is 0.921. The molecule has 0 bridgehead atoms. The van der Waals surface area contributed by atoms with Crippen LogP contribution in [0.25, 0.3) is 9.88 Å². The van der Waals surface area contributed by atoms with Crippen LogP contribution in [0.15, 0.2) is 22.9 Å². The Morgan fingerprint density at radius 3 is 3.00 bits per heavy atom. The normalized spacial score (nSPS) is 22.1. The fraction of sp³-hybridized carbons (Fsp3) is 0.500. The number of nitrogens with one attached hydrogen (secondary N) is 1. The third-order valence-corrected chi connectivity index (χ3v) is 6.01. The Labute approximate surface area is 133 Å². The van der Waals surface area contributed by atoms with E-state index in [0.717, 1.165) is 17.1 Å². The molecule has 112 valence electrons. The Kier molecular flexibility index (Phi) is 4.70. The Morgan fingerprint density at radius 1 is 1.38 bits per heavy atom. The van der Waals surface area contributed by atoms with Crippen LogP contribution in [-0.2, 0) is 11.2 Å². The van der Waals surface area contributed by atoms with E-state index in [1.807, 2.05) is 16.8 Å². The number of amides is 1. The summed E-state index contributed by atoms with van der Waals surface area (Å²) in [6.07, 6.45) is 5.26. The van der Waals surface area contributed by atoms with Crippen molar-refractivity contribution < 1.29 is 4.79 Å². The molecular weight excluding hydrogens is 300 g/mol. The number of carbonyl (C=O) groups is 1. The van der Waals surface area contributed by atoms with E-state index < -0.39 is 0 Å². The van der Waals surface area contributed by atoms with Gasteiger partial charge in [0, 0.05) is 11.4 Å². The molecule has 2 unspecified atom stereocenters. The number of thiophene rings is 1. The van der Waals surface area contributed by atoms with Crippen LogP contribution in [0.3, 0.4) is 0 Å². The van der Waals surface area contributed by atoms with E-state index >= 15 is 0 Å². The molecule has 2 aromatic heterocycles. The van der Waals surface area contributed by atoms with E-state index in [2.05, 4.69) is 23.3 Å². The van der Waals surface area contributed by atoms with E-state index in [1.54, 1.807) is 22.7 Å². The van der Waals surface area contributed by atoms with Crippen molar-refractivity contribution in [1.29, 1.82) is 0 Å². The summed E-state index contributed by atoms with van der Waals surface area (Å²) in [5, 5.41) is 8.25. The van der Waals surface area contributed by atoms with Gasteiger partial charge in [-0.05, 0) is 30.2 Å². The lowest BCUT2D eigenvalue weighted by molar-refractivity contribution is -0.121. The molecule has 1 N–H and O–H groups in total. The summed E-state index contributed by atoms with van der Waals surface area (Å²) in [5.74, 6) is 0.705. The first-order valence-corrected chi connectivity index (χ1v) is 9.26. The molecule has 0 aliphatic heterocycles. The molecule has 2 atom stereocenters. The number of carbonyl (C=O) groups excluding carboxylic acids is 1. The topological polar surface area (TPSA) is 42.0 Å². The molecule has 2 heterocycles. The second-order valence-electron chi connectivity index (χ2n) is 5.73. The van der Waals surface area contributed by atoms with Gasteiger partial charge in [-0.2, -0.15) is 0 Å². The average molecular weight is 320 g/mol. The van der Waals surface area contributed by atoms with Gasteiger partial charge in [0.15, 0.2) is 0 Å². The molecule has 0 radical (unpaired) electrons. The number of thiazole rings is 1. The van der Waals surface area contributed by atoms with Crippen molar-refractivity contribution in [2.24, 2.45) is 5.92 Å². The molecule has 1 aliphatic carbocycles. The van der Waals surface area contributed by atoms with Crippen LogP contribution in [0.1, 0.15) is 38.3 Å². The van der Waals surface area contributed by atoms with E-state index in [-0.39, 0.29) is 5.91 Å². The van der Waals surface area contributed by atoms with Gasteiger partial charge in [0.1, 0.15) is 5.01 Å². The fourth-order valence-electron chi connectivity index (χ4n) is 2.85. The molecule has 0 spiro atoms. The molecule has 0 aromatic carbocycles. The average Bonchev–Trinajstić information content (AvgIpc) is 3.12. The highest BCUT2D eigenvalue weighted by Crippen LogP contribution is 2.28. The minimum Gasteiger partial charge on any atom is -0.353 e. The predicted octanol–water partition coefficient (Wildman–Crippen LogP) is 4.11. The summed E-state index contributed by atoms with van der Waals surface area (Å²) < 4.78 is 0. The van der Waals surface area contributed by atoms with Crippen molar-refractivity contribution in [1.82, 2.24) is 10.3 Å². The van der Waals surface area contributed by atoms with Crippen molar-refractivity contribution in [3.05, 3.63) is 28.6 Å². The summed E-state index contributed by atoms with van der Waals surface area (Å²) in [6, 6.07) is 4.44. The maximum absolute atomic E-state index is 12.2. The Bertz CT molecular complexity index is 591. The van der Waals surface area contributed by atoms with Crippen LogP contribution >= 0.6 is 22.7 Å². The monoisotopic (exact) mass is 320 g/mol. The standard InChI is InChI=1S/C16H20N2OS2/c1-11-5-2-3-6-13(11)18-15(19)9-12-10-21-16(17-12)14-7-4-8-20-14/h4,7-8,10-11,13H,2-3,5-6,9H2,1H3,(H,18,19). The summed E-state index contributed by atoms with van der Waals surface area (Å²) in [4.78, 5) is 17.9. The zero-order valence-corrected chi connectivity index (χ0v) is 13.8. The van der Waals surface area contributed by atoms with E-state index in [4.69, 9.17) is 0 Å². The van der Waals surface area contributed by atoms with Crippen molar-refractivity contribution in [3.8, 4) is 9.88 Å². The number of aromatic nitrogens is 1. The van der Waals surface area contributed by atoms with Crippen molar-refractivity contribution in [2.45, 2.75) is 45.1 Å². The van der Waals surface area contributed by atoms with Gasteiger partial charge in [0.05, 0.1) is 17.0 Å². The van der Waals surface area contributed by atoms with Crippen LogP contribution < -0.4 is 5.32 Å². The third-order valence-electron chi connectivity index (χ3n) is 4.08. The summed E-state index contributed by atoms with van der Waals surface area (Å²) in [7, 11) is 0. The van der Waals surface area contributed by atoms with E-state index in [1.165, 1.54) is 24.1 Å². The van der Waals surface area contributed by atoms with Crippen molar-refractivity contribution in [3.63, 3.8) is 0 Å². The molecule has 5 heteroatoms. The Balaban J connectivity index is 1.57. The smallest absolute Gasteiger partial charge is 0.226 e. The Morgan fingerprint density at radius 2 is 2.24 bits per heavy atom. The summed E-state index contributed by atoms with van der Waals surface area (Å²) in [6.45, 7) is 2.24. The SMILES string of the molecule is CC1CCCCC1NC(=O)Cc1csc(-c2cccs2)n1. The minimum absolute atomic E-state index is 0.108. The number of rotatable bonds is 4. The van der Waals surface area contributed by atoms with Gasteiger partial charge < -0.3 is 5.32 Å². The van der Waals surface area contributed by atoms with Crippen molar-refractivity contribution in [2.75, 3.05) is 0 Å². The third kappa shape index (κ3) is 3.71. The minimum atomic E-state index is 0.108. The maximum Gasteiger partial charge on any atom is 0.226 e. The van der Waals surface area contributed by atoms with E-state index in [9.17, 15) is 4.79 Å². The van der Waals surface area contributed by atoms with Gasteiger partial charge >= 0.3 is 0 Å². The number of hydrogen-bond donors (Lipinski definition) is 1. The second kappa shape index (κ2) is 6.71. The molecule has 0 saturated heterocycles. The van der Waals surface area contributed by atoms with Crippen LogP contribution in [-0.4, -0.2) is 16.9 Å².